The highest BCUT2D eigenvalue weighted by Crippen LogP contribution is 2.37. The lowest BCUT2D eigenvalue weighted by atomic mass is 10.0. The Morgan fingerprint density at radius 3 is 1.53 bits per heavy atom. The van der Waals surface area contributed by atoms with Crippen LogP contribution in [-0.4, -0.2) is 31.4 Å². The molecule has 0 aliphatic heterocycles. The Bertz CT molecular complexity index is 3070. The van der Waals surface area contributed by atoms with Crippen molar-refractivity contribution in [2.75, 3.05) is 10.6 Å². The predicted molar refractivity (Wildman–Crippen MR) is 256 cm³/mol. The van der Waals surface area contributed by atoms with Gasteiger partial charge in [0.05, 0.1) is 36.1 Å². The summed E-state index contributed by atoms with van der Waals surface area (Å²) in [6, 6.07) is 55.4. The molecule has 2 aromatic heterocycles. The molecule has 11 nitrogen and oxygen atoms in total. The molecule has 0 spiro atoms. The number of nitriles is 1. The molecule has 2 heterocycles. The number of carbonyl (C=O) groups is 2. The number of nitrogens with one attached hydrogen (secondary N) is 2. The van der Waals surface area contributed by atoms with Crippen LogP contribution in [0, 0.1) is 11.3 Å². The summed E-state index contributed by atoms with van der Waals surface area (Å²) < 4.78 is 16.4. The molecule has 1 aliphatic carbocycles. The summed E-state index contributed by atoms with van der Waals surface area (Å²) in [5.41, 5.74) is 7.37. The normalized spacial score (nSPS) is 11.9. The van der Waals surface area contributed by atoms with Crippen LogP contribution in [0.25, 0.3) is 16.8 Å². The number of anilines is 2. The second-order valence-electron chi connectivity index (χ2n) is 15.7. The Morgan fingerprint density at radius 1 is 0.561 bits per heavy atom. The van der Waals surface area contributed by atoms with Crippen LogP contribution in [0.15, 0.2) is 188 Å². The van der Waals surface area contributed by atoms with Gasteiger partial charge in [-0.25, -0.2) is 0 Å². The zero-order chi connectivity index (χ0) is 45.1. The Balaban J connectivity index is 1.12. The van der Waals surface area contributed by atoms with E-state index in [1.165, 1.54) is 6.07 Å². The number of nitrogens with zero attached hydrogens (tertiary/aromatic N) is 5. The Hall–Kier alpha value is -8.75. The van der Waals surface area contributed by atoms with Crippen molar-refractivity contribution in [3.8, 4) is 28.8 Å². The molecule has 0 radical (unpaired) electrons. The largest absolute Gasteiger partial charge is 0.484 e. The number of aromatic nitrogens is 4. The van der Waals surface area contributed by atoms with Crippen LogP contribution in [0.5, 0.6) is 11.5 Å². The van der Waals surface area contributed by atoms with Crippen molar-refractivity contribution in [3.63, 3.8) is 0 Å². The highest BCUT2D eigenvalue weighted by Gasteiger charge is 2.30. The highest BCUT2D eigenvalue weighted by atomic mass is 16.5. The van der Waals surface area contributed by atoms with E-state index < -0.39 is 11.8 Å². The molecular formula is C55H45N7O4. The lowest BCUT2D eigenvalue weighted by Crippen LogP contribution is -2.22. The van der Waals surface area contributed by atoms with E-state index in [1.54, 1.807) is 21.5 Å². The standard InChI is InChI=1S/C55H45N7O4/c56-34-43-31-32-46(57-54(63)50-52(65-37-41-23-11-3-12-24-41)48(44-27-15-5-16-28-44)59-61(50)35-39-19-7-1-8-20-39)47(33-43)58-55(64)51-53(66-38-42-25-13-4-14-26-42)49(45-29-17-6-18-30-45)60-62(51)36-40-21-9-2-10-22-40/h1-4,6-15,17-33H,5,16,35-38H2,(H,57,63)(H,58,64). The van der Waals surface area contributed by atoms with Gasteiger partial charge in [0.2, 0.25) is 0 Å². The van der Waals surface area contributed by atoms with Crippen LogP contribution in [0.1, 0.15) is 67.3 Å². The summed E-state index contributed by atoms with van der Waals surface area (Å²) in [5.74, 6) is -0.485. The van der Waals surface area contributed by atoms with Crippen LogP contribution in [-0.2, 0) is 26.3 Å². The van der Waals surface area contributed by atoms with Gasteiger partial charge in [0, 0.05) is 11.1 Å². The van der Waals surface area contributed by atoms with Crippen LogP contribution >= 0.6 is 0 Å². The topological polar surface area (TPSA) is 136 Å². The van der Waals surface area contributed by atoms with E-state index in [1.807, 2.05) is 158 Å². The molecule has 9 rings (SSSR count). The molecule has 2 amide bonds. The molecule has 2 N–H and O–H groups in total. The number of benzene rings is 6. The smallest absolute Gasteiger partial charge is 0.277 e. The number of amides is 2. The monoisotopic (exact) mass is 867 g/mol. The average Bonchev–Trinajstić information content (AvgIpc) is 3.92. The molecule has 0 unspecified atom stereocenters. The number of rotatable bonds is 16. The van der Waals surface area contributed by atoms with E-state index in [-0.39, 0.29) is 60.4 Å². The molecule has 8 aromatic rings. The maximum atomic E-state index is 15.0. The van der Waals surface area contributed by atoms with Gasteiger partial charge in [-0.05, 0) is 53.3 Å². The number of allylic oxidation sites excluding steroid dienone is 4. The van der Waals surface area contributed by atoms with Gasteiger partial charge >= 0.3 is 0 Å². The molecule has 1 aliphatic rings. The second kappa shape index (κ2) is 20.2. The van der Waals surface area contributed by atoms with Gasteiger partial charge in [0.25, 0.3) is 11.8 Å². The van der Waals surface area contributed by atoms with Crippen molar-refractivity contribution in [1.82, 2.24) is 19.6 Å². The minimum absolute atomic E-state index is 0.157. The summed E-state index contributed by atoms with van der Waals surface area (Å²) >= 11 is 0. The maximum Gasteiger partial charge on any atom is 0.277 e. The van der Waals surface area contributed by atoms with Gasteiger partial charge in [-0.15, -0.1) is 0 Å². The fourth-order valence-electron chi connectivity index (χ4n) is 7.76. The summed E-state index contributed by atoms with van der Waals surface area (Å²) in [5, 5.41) is 26.2. The Morgan fingerprint density at radius 2 is 1.03 bits per heavy atom. The molecule has 0 saturated heterocycles. The van der Waals surface area contributed by atoms with E-state index in [4.69, 9.17) is 19.7 Å². The van der Waals surface area contributed by atoms with Crippen LogP contribution in [0.4, 0.5) is 11.4 Å². The minimum Gasteiger partial charge on any atom is -0.484 e. The van der Waals surface area contributed by atoms with Crippen LogP contribution in [0.2, 0.25) is 0 Å². The van der Waals surface area contributed by atoms with E-state index in [0.717, 1.165) is 46.2 Å². The molecular weight excluding hydrogens is 823 g/mol. The summed E-state index contributed by atoms with van der Waals surface area (Å²) in [7, 11) is 0. The molecule has 0 atom stereocenters. The van der Waals surface area contributed by atoms with Crippen molar-refractivity contribution < 1.29 is 19.1 Å². The molecule has 0 fully saturated rings. The lowest BCUT2D eigenvalue weighted by Gasteiger charge is -2.16. The molecule has 0 bridgehead atoms. The van der Waals surface area contributed by atoms with Gasteiger partial charge in [-0.3, -0.25) is 19.0 Å². The van der Waals surface area contributed by atoms with Gasteiger partial charge in [0.15, 0.2) is 22.9 Å². The Labute approximate surface area is 382 Å². The van der Waals surface area contributed by atoms with Crippen LogP contribution in [0.3, 0.4) is 0 Å². The van der Waals surface area contributed by atoms with Gasteiger partial charge in [-0.2, -0.15) is 15.5 Å². The Kier molecular flexibility index (Phi) is 13.0. The van der Waals surface area contributed by atoms with E-state index >= 15 is 9.59 Å². The zero-order valence-corrected chi connectivity index (χ0v) is 36.0. The van der Waals surface area contributed by atoms with Crippen molar-refractivity contribution in [3.05, 3.63) is 233 Å². The molecule has 11 heteroatoms. The van der Waals surface area contributed by atoms with E-state index in [2.05, 4.69) is 28.9 Å². The fourth-order valence-corrected chi connectivity index (χ4v) is 7.76. The third-order valence-electron chi connectivity index (χ3n) is 11.0. The first-order valence-corrected chi connectivity index (χ1v) is 21.7. The van der Waals surface area contributed by atoms with Crippen molar-refractivity contribution in [2.24, 2.45) is 0 Å². The first-order chi connectivity index (χ1) is 32.5. The fraction of sp³-hybridized carbons (Fsp3) is 0.109. The third kappa shape index (κ3) is 9.89. The molecule has 0 saturated carbocycles. The molecule has 66 heavy (non-hydrogen) atoms. The average molecular weight is 868 g/mol. The van der Waals surface area contributed by atoms with Crippen molar-refractivity contribution in [1.29, 1.82) is 5.26 Å². The SMILES string of the molecule is N#Cc1ccc(NC(=O)c2c(OCc3ccccc3)c(C3=CCCC=C3)nn2Cc2ccccc2)c(NC(=O)c2c(OCc3ccccc3)c(-c3ccccc3)nn2Cc2ccccc2)c1. The first-order valence-electron chi connectivity index (χ1n) is 21.7. The highest BCUT2D eigenvalue weighted by molar-refractivity contribution is 6.11. The molecule has 324 valence electrons. The zero-order valence-electron chi connectivity index (χ0n) is 36.0. The van der Waals surface area contributed by atoms with E-state index in [9.17, 15) is 5.26 Å². The van der Waals surface area contributed by atoms with Gasteiger partial charge in [-0.1, -0.05) is 170 Å². The quantitative estimate of drug-likeness (QED) is 0.0987. The number of hydrogen-bond acceptors (Lipinski definition) is 7. The summed E-state index contributed by atoms with van der Waals surface area (Å²) in [6.45, 7) is 0.894. The lowest BCUT2D eigenvalue weighted by molar-refractivity contribution is 0.0997. The maximum absolute atomic E-state index is 15.0. The minimum atomic E-state index is -0.562. The number of carbonyl (C=O) groups excluding carboxylic acids is 2. The van der Waals surface area contributed by atoms with Gasteiger partial charge in [0.1, 0.15) is 24.6 Å². The first kappa shape index (κ1) is 42.5. The van der Waals surface area contributed by atoms with E-state index in [0.29, 0.717) is 17.1 Å². The predicted octanol–water partition coefficient (Wildman–Crippen LogP) is 11.1. The van der Waals surface area contributed by atoms with Crippen molar-refractivity contribution in [2.45, 2.75) is 39.1 Å². The third-order valence-corrected chi connectivity index (χ3v) is 11.0. The van der Waals surface area contributed by atoms with Gasteiger partial charge < -0.3 is 20.1 Å². The summed E-state index contributed by atoms with van der Waals surface area (Å²) in [6.07, 6.45) is 7.92. The number of hydrogen-bond donors (Lipinski definition) is 2. The number of ether oxygens (including phenoxy) is 2. The molecule has 6 aromatic carbocycles. The second-order valence-corrected chi connectivity index (χ2v) is 15.7. The summed E-state index contributed by atoms with van der Waals surface area (Å²) in [4.78, 5) is 30.0. The van der Waals surface area contributed by atoms with Crippen molar-refractivity contribution >= 4 is 28.8 Å². The van der Waals surface area contributed by atoms with Crippen LogP contribution < -0.4 is 20.1 Å².